The highest BCUT2D eigenvalue weighted by molar-refractivity contribution is 5.88. The highest BCUT2D eigenvalue weighted by Gasteiger charge is 2.22. The van der Waals surface area contributed by atoms with Gasteiger partial charge in [-0.15, -0.1) is 0 Å². The van der Waals surface area contributed by atoms with Gasteiger partial charge in [0.1, 0.15) is 11.6 Å². The Kier molecular flexibility index (Phi) is 4.92. The molecular formula is C18H22N6. The summed E-state index contributed by atoms with van der Waals surface area (Å²) in [7, 11) is 0. The summed E-state index contributed by atoms with van der Waals surface area (Å²) in [5.74, 6) is 0.824. The Bertz CT molecular complexity index is 718. The standard InChI is InChI=1S/C18H22N6/c1-3-23-8-10-24(11-9-23)18-21-14(2)12-17(22-18)15(13-19)16-6-4-5-7-20-16/h4-7,12H,3,8-11H2,1-2H3,(H,21,22). The Morgan fingerprint density at radius 2 is 2.08 bits per heavy atom. The van der Waals surface area contributed by atoms with Crippen LogP contribution < -0.4 is 5.32 Å². The van der Waals surface area contributed by atoms with Crippen molar-refractivity contribution in [2.45, 2.75) is 13.8 Å². The normalized spacial score (nSPS) is 20.6. The lowest BCUT2D eigenvalue weighted by molar-refractivity contribution is 0.187. The monoisotopic (exact) mass is 322 g/mol. The Morgan fingerprint density at radius 3 is 2.71 bits per heavy atom. The van der Waals surface area contributed by atoms with Gasteiger partial charge in [0.2, 0.25) is 5.96 Å². The smallest absolute Gasteiger partial charge is 0.203 e. The molecule has 2 aliphatic heterocycles. The molecule has 3 heterocycles. The molecule has 1 fully saturated rings. The van der Waals surface area contributed by atoms with E-state index in [0.717, 1.165) is 44.4 Å². The maximum atomic E-state index is 9.59. The Hall–Kier alpha value is -2.65. The third-order valence-electron chi connectivity index (χ3n) is 4.30. The fourth-order valence-corrected chi connectivity index (χ4v) is 2.90. The van der Waals surface area contributed by atoms with Crippen molar-refractivity contribution >= 4 is 11.5 Å². The number of allylic oxidation sites excluding steroid dienone is 3. The number of pyridine rings is 1. The van der Waals surface area contributed by atoms with Crippen molar-refractivity contribution in [3.63, 3.8) is 0 Å². The van der Waals surface area contributed by atoms with Crippen LogP contribution in [0.3, 0.4) is 0 Å². The van der Waals surface area contributed by atoms with E-state index in [1.165, 1.54) is 0 Å². The van der Waals surface area contributed by atoms with Crippen molar-refractivity contribution in [2.24, 2.45) is 4.99 Å². The second kappa shape index (κ2) is 7.28. The van der Waals surface area contributed by atoms with Gasteiger partial charge in [-0.05, 0) is 31.7 Å². The van der Waals surface area contributed by atoms with Crippen LogP contribution in [0.15, 0.2) is 46.9 Å². The molecule has 0 unspecified atom stereocenters. The summed E-state index contributed by atoms with van der Waals surface area (Å²) in [5.41, 5.74) is 2.80. The molecule has 0 aromatic carbocycles. The number of piperazine rings is 1. The van der Waals surface area contributed by atoms with Gasteiger partial charge in [-0.3, -0.25) is 4.98 Å². The number of guanidine groups is 1. The first-order chi connectivity index (χ1) is 11.7. The van der Waals surface area contributed by atoms with Gasteiger partial charge >= 0.3 is 0 Å². The molecule has 2 aliphatic rings. The topological polar surface area (TPSA) is 67.5 Å². The molecule has 124 valence electrons. The van der Waals surface area contributed by atoms with Crippen LogP contribution in [0.1, 0.15) is 19.5 Å². The Balaban J connectivity index is 1.91. The zero-order valence-electron chi connectivity index (χ0n) is 14.2. The average molecular weight is 322 g/mol. The number of hydrogen-bond acceptors (Lipinski definition) is 6. The van der Waals surface area contributed by atoms with E-state index in [0.29, 0.717) is 17.0 Å². The molecule has 3 rings (SSSR count). The lowest BCUT2D eigenvalue weighted by Crippen LogP contribution is -2.52. The SMILES string of the molecule is CCN1CCN(C2=NC(=C(C#N)c3ccccn3)C=C(C)N2)CC1. The van der Waals surface area contributed by atoms with Crippen LogP contribution in [0.25, 0.3) is 5.57 Å². The second-order valence-corrected chi connectivity index (χ2v) is 5.90. The minimum atomic E-state index is 0.501. The van der Waals surface area contributed by atoms with Crippen LogP contribution in [-0.4, -0.2) is 53.5 Å². The first-order valence-electron chi connectivity index (χ1n) is 8.28. The van der Waals surface area contributed by atoms with E-state index in [4.69, 9.17) is 4.99 Å². The van der Waals surface area contributed by atoms with Gasteiger partial charge in [-0.25, -0.2) is 4.99 Å². The summed E-state index contributed by atoms with van der Waals surface area (Å²) in [5, 5.41) is 12.9. The van der Waals surface area contributed by atoms with E-state index < -0.39 is 0 Å². The van der Waals surface area contributed by atoms with Crippen molar-refractivity contribution in [1.29, 1.82) is 5.26 Å². The van der Waals surface area contributed by atoms with Crippen LogP contribution in [0, 0.1) is 11.3 Å². The quantitative estimate of drug-likeness (QED) is 0.841. The predicted octanol–water partition coefficient (Wildman–Crippen LogP) is 1.82. The molecule has 0 spiro atoms. The van der Waals surface area contributed by atoms with Crippen molar-refractivity contribution in [2.75, 3.05) is 32.7 Å². The van der Waals surface area contributed by atoms with E-state index in [1.54, 1.807) is 6.20 Å². The summed E-state index contributed by atoms with van der Waals surface area (Å²) in [6.45, 7) is 9.19. The molecule has 1 N–H and O–H groups in total. The van der Waals surface area contributed by atoms with Crippen LogP contribution in [0.5, 0.6) is 0 Å². The molecule has 0 aliphatic carbocycles. The van der Waals surface area contributed by atoms with Gasteiger partial charge in [-0.2, -0.15) is 5.26 Å². The van der Waals surface area contributed by atoms with Gasteiger partial charge < -0.3 is 15.1 Å². The molecule has 6 heteroatoms. The number of likely N-dealkylation sites (N-methyl/N-ethyl adjacent to an activating group) is 1. The maximum Gasteiger partial charge on any atom is 0.203 e. The van der Waals surface area contributed by atoms with Gasteiger partial charge in [0.15, 0.2) is 0 Å². The lowest BCUT2D eigenvalue weighted by Gasteiger charge is -2.36. The van der Waals surface area contributed by atoms with Gasteiger partial charge in [-0.1, -0.05) is 13.0 Å². The molecule has 24 heavy (non-hydrogen) atoms. The number of nitriles is 1. The maximum absolute atomic E-state index is 9.59. The molecular weight excluding hydrogens is 300 g/mol. The first kappa shape index (κ1) is 16.2. The minimum absolute atomic E-state index is 0.501. The molecule has 0 radical (unpaired) electrons. The number of aromatic nitrogens is 1. The van der Waals surface area contributed by atoms with Crippen LogP contribution in [0.4, 0.5) is 0 Å². The van der Waals surface area contributed by atoms with Gasteiger partial charge in [0, 0.05) is 38.1 Å². The van der Waals surface area contributed by atoms with Crippen molar-refractivity contribution < 1.29 is 0 Å². The number of nitrogens with zero attached hydrogens (tertiary/aromatic N) is 5. The summed E-state index contributed by atoms with van der Waals surface area (Å²) in [4.78, 5) is 13.7. The van der Waals surface area contributed by atoms with Crippen molar-refractivity contribution in [1.82, 2.24) is 20.1 Å². The lowest BCUT2D eigenvalue weighted by atomic mass is 10.1. The van der Waals surface area contributed by atoms with E-state index in [1.807, 2.05) is 31.2 Å². The second-order valence-electron chi connectivity index (χ2n) is 5.90. The largest absolute Gasteiger partial charge is 0.340 e. The Labute approximate surface area is 142 Å². The number of nitrogens with one attached hydrogen (secondary N) is 1. The van der Waals surface area contributed by atoms with Crippen molar-refractivity contribution in [3.05, 3.63) is 47.6 Å². The van der Waals surface area contributed by atoms with E-state index in [2.05, 4.69) is 33.1 Å². The van der Waals surface area contributed by atoms with E-state index in [-0.39, 0.29) is 0 Å². The minimum Gasteiger partial charge on any atom is -0.340 e. The summed E-state index contributed by atoms with van der Waals surface area (Å²) >= 11 is 0. The van der Waals surface area contributed by atoms with Crippen LogP contribution >= 0.6 is 0 Å². The predicted molar refractivity (Wildman–Crippen MR) is 94.8 cm³/mol. The zero-order chi connectivity index (χ0) is 16.9. The molecule has 0 atom stereocenters. The first-order valence-corrected chi connectivity index (χ1v) is 8.28. The average Bonchev–Trinajstić information content (AvgIpc) is 2.63. The Morgan fingerprint density at radius 1 is 1.29 bits per heavy atom. The molecule has 6 nitrogen and oxygen atoms in total. The molecule has 1 aromatic rings. The van der Waals surface area contributed by atoms with Gasteiger partial charge in [0.25, 0.3) is 0 Å². The zero-order valence-corrected chi connectivity index (χ0v) is 14.2. The van der Waals surface area contributed by atoms with Crippen LogP contribution in [0.2, 0.25) is 0 Å². The molecule has 1 aromatic heterocycles. The highest BCUT2D eigenvalue weighted by atomic mass is 15.4. The molecule has 0 amide bonds. The van der Waals surface area contributed by atoms with E-state index >= 15 is 0 Å². The molecule has 0 saturated carbocycles. The fraction of sp³-hybridized carbons (Fsp3) is 0.389. The van der Waals surface area contributed by atoms with Crippen molar-refractivity contribution in [3.8, 4) is 6.07 Å². The molecule has 0 bridgehead atoms. The highest BCUT2D eigenvalue weighted by Crippen LogP contribution is 2.22. The van der Waals surface area contributed by atoms with Crippen LogP contribution in [-0.2, 0) is 0 Å². The van der Waals surface area contributed by atoms with Gasteiger partial charge in [0.05, 0.1) is 11.4 Å². The fourth-order valence-electron chi connectivity index (χ4n) is 2.90. The van der Waals surface area contributed by atoms with E-state index in [9.17, 15) is 5.26 Å². The third-order valence-corrected chi connectivity index (χ3v) is 4.30. The summed E-state index contributed by atoms with van der Waals surface area (Å²) < 4.78 is 0. The summed E-state index contributed by atoms with van der Waals surface area (Å²) in [6, 6.07) is 7.82. The number of hydrogen-bond donors (Lipinski definition) is 1. The third kappa shape index (κ3) is 3.47. The number of rotatable bonds is 2. The molecule has 1 saturated heterocycles. The summed E-state index contributed by atoms with van der Waals surface area (Å²) in [6.07, 6.45) is 3.60. The number of aliphatic imine (C=N–C) groups is 1.